The third-order valence-corrected chi connectivity index (χ3v) is 6.15. The van der Waals surface area contributed by atoms with Crippen molar-refractivity contribution in [3.63, 3.8) is 0 Å². The molecule has 28 heavy (non-hydrogen) atoms. The van der Waals surface area contributed by atoms with Gasteiger partial charge in [-0.3, -0.25) is 9.58 Å². The number of nitrogens with one attached hydrogen (secondary N) is 1. The van der Waals surface area contributed by atoms with Crippen molar-refractivity contribution in [1.82, 2.24) is 19.6 Å². The van der Waals surface area contributed by atoms with Crippen LogP contribution in [0.4, 0.5) is 5.69 Å². The van der Waals surface area contributed by atoms with Crippen LogP contribution < -0.4 is 10.5 Å². The molecule has 1 aliphatic rings. The van der Waals surface area contributed by atoms with Crippen LogP contribution >= 0.6 is 12.2 Å². The topological polar surface area (TPSA) is 96.5 Å². The van der Waals surface area contributed by atoms with Gasteiger partial charge in [0.1, 0.15) is 0 Å². The summed E-state index contributed by atoms with van der Waals surface area (Å²) >= 11 is 5.51. The maximum Gasteiger partial charge on any atom is 0.238 e. The van der Waals surface area contributed by atoms with Gasteiger partial charge < -0.3 is 10.2 Å². The normalized spacial score (nSPS) is 15.6. The van der Waals surface area contributed by atoms with E-state index in [1.165, 1.54) is 17.7 Å². The molecule has 3 rings (SSSR count). The first-order valence-electron chi connectivity index (χ1n) is 9.20. The van der Waals surface area contributed by atoms with E-state index in [9.17, 15) is 8.42 Å². The van der Waals surface area contributed by atoms with Gasteiger partial charge in [0.25, 0.3) is 0 Å². The van der Waals surface area contributed by atoms with Crippen molar-refractivity contribution in [2.75, 3.05) is 31.5 Å². The summed E-state index contributed by atoms with van der Waals surface area (Å²) in [5.41, 5.74) is 3.10. The highest BCUT2D eigenvalue weighted by atomic mass is 32.2. The number of aromatic nitrogens is 2. The van der Waals surface area contributed by atoms with Crippen LogP contribution in [0.25, 0.3) is 0 Å². The van der Waals surface area contributed by atoms with E-state index in [-0.39, 0.29) is 4.90 Å². The molecule has 1 aromatic heterocycles. The molecule has 152 valence electrons. The van der Waals surface area contributed by atoms with Crippen LogP contribution in [-0.4, -0.2) is 59.3 Å². The molecule has 8 nitrogen and oxygen atoms in total. The number of sulfonamides is 1. The standard InChI is InChI=1S/C18H26N6O2S2/c1-3-24-13-15(14(2)21-24)12-22-8-10-23(11-9-22)18(27)20-16-4-6-17(7-5-16)28(19,25)26/h4-7,13H,3,8-12H2,1-2H3,(H,20,27)(H2,19,25,26). The predicted molar refractivity (Wildman–Crippen MR) is 114 cm³/mol. The van der Waals surface area contributed by atoms with E-state index in [2.05, 4.69) is 40.3 Å². The van der Waals surface area contributed by atoms with Gasteiger partial charge in [0.05, 0.1) is 10.6 Å². The average molecular weight is 423 g/mol. The van der Waals surface area contributed by atoms with Crippen LogP contribution in [0.15, 0.2) is 35.4 Å². The molecule has 3 N–H and O–H groups in total. The molecule has 0 saturated carbocycles. The lowest BCUT2D eigenvalue weighted by atomic mass is 10.2. The van der Waals surface area contributed by atoms with Crippen molar-refractivity contribution in [2.24, 2.45) is 5.14 Å². The van der Waals surface area contributed by atoms with Crippen molar-refractivity contribution >= 4 is 33.0 Å². The van der Waals surface area contributed by atoms with E-state index in [0.717, 1.165) is 50.6 Å². The van der Waals surface area contributed by atoms with Crippen molar-refractivity contribution in [2.45, 2.75) is 31.8 Å². The average Bonchev–Trinajstić information content (AvgIpc) is 3.01. The van der Waals surface area contributed by atoms with E-state index in [4.69, 9.17) is 17.4 Å². The fourth-order valence-corrected chi connectivity index (χ4v) is 3.97. The molecule has 1 aromatic carbocycles. The maximum atomic E-state index is 11.3. The van der Waals surface area contributed by atoms with Gasteiger partial charge >= 0.3 is 0 Å². The van der Waals surface area contributed by atoms with Gasteiger partial charge in [-0.15, -0.1) is 0 Å². The summed E-state index contributed by atoms with van der Waals surface area (Å²) in [6.45, 7) is 9.43. The summed E-state index contributed by atoms with van der Waals surface area (Å²) in [7, 11) is -3.69. The highest BCUT2D eigenvalue weighted by Crippen LogP contribution is 2.15. The Balaban J connectivity index is 1.51. The molecule has 0 amide bonds. The van der Waals surface area contributed by atoms with Gasteiger partial charge in [0.2, 0.25) is 10.0 Å². The number of hydrogen-bond donors (Lipinski definition) is 2. The van der Waals surface area contributed by atoms with Crippen LogP contribution in [0.2, 0.25) is 0 Å². The van der Waals surface area contributed by atoms with E-state index in [1.54, 1.807) is 12.1 Å². The Morgan fingerprint density at radius 3 is 2.39 bits per heavy atom. The Labute approximate surface area is 171 Å². The zero-order chi connectivity index (χ0) is 20.3. The minimum atomic E-state index is -3.69. The van der Waals surface area contributed by atoms with Crippen molar-refractivity contribution in [1.29, 1.82) is 0 Å². The first kappa shape index (κ1) is 20.7. The van der Waals surface area contributed by atoms with E-state index < -0.39 is 10.0 Å². The molecule has 0 spiro atoms. The van der Waals surface area contributed by atoms with Crippen molar-refractivity contribution in [3.05, 3.63) is 41.7 Å². The van der Waals surface area contributed by atoms with Crippen LogP contribution in [0, 0.1) is 6.92 Å². The largest absolute Gasteiger partial charge is 0.346 e. The lowest BCUT2D eigenvalue weighted by Gasteiger charge is -2.36. The SMILES string of the molecule is CCn1cc(CN2CCN(C(=S)Nc3ccc(S(N)(=O)=O)cc3)CC2)c(C)n1. The van der Waals surface area contributed by atoms with Crippen LogP contribution in [-0.2, 0) is 23.1 Å². The molecule has 1 aliphatic heterocycles. The maximum absolute atomic E-state index is 11.3. The molecule has 10 heteroatoms. The molecule has 0 radical (unpaired) electrons. The molecule has 0 unspecified atom stereocenters. The number of hydrogen-bond acceptors (Lipinski definition) is 5. The zero-order valence-corrected chi connectivity index (χ0v) is 17.8. The molecule has 0 aliphatic carbocycles. The highest BCUT2D eigenvalue weighted by molar-refractivity contribution is 7.89. The summed E-state index contributed by atoms with van der Waals surface area (Å²) in [6.07, 6.45) is 2.12. The Bertz CT molecular complexity index is 931. The minimum absolute atomic E-state index is 0.0827. The summed E-state index contributed by atoms with van der Waals surface area (Å²) in [4.78, 5) is 4.62. The van der Waals surface area contributed by atoms with E-state index in [0.29, 0.717) is 5.11 Å². The number of aryl methyl sites for hydroxylation is 2. The van der Waals surface area contributed by atoms with Gasteiger partial charge in [-0.25, -0.2) is 13.6 Å². The summed E-state index contributed by atoms with van der Waals surface area (Å²) in [6, 6.07) is 6.26. The number of anilines is 1. The predicted octanol–water partition coefficient (Wildman–Crippen LogP) is 1.37. The number of thiocarbonyl (C=S) groups is 1. The van der Waals surface area contributed by atoms with Gasteiger partial charge in [-0.2, -0.15) is 5.10 Å². The Hall–Kier alpha value is -2.01. The van der Waals surface area contributed by atoms with E-state index in [1.807, 2.05) is 4.68 Å². The van der Waals surface area contributed by atoms with Gasteiger partial charge in [-0.05, 0) is 50.3 Å². The van der Waals surface area contributed by atoms with Crippen molar-refractivity contribution in [3.8, 4) is 0 Å². The lowest BCUT2D eigenvalue weighted by molar-refractivity contribution is 0.176. The minimum Gasteiger partial charge on any atom is -0.346 e. The second-order valence-electron chi connectivity index (χ2n) is 6.86. The molecular weight excluding hydrogens is 396 g/mol. The number of benzene rings is 1. The third kappa shape index (κ3) is 5.07. The number of piperazine rings is 1. The van der Waals surface area contributed by atoms with Gasteiger partial charge in [0.15, 0.2) is 5.11 Å². The first-order chi connectivity index (χ1) is 13.3. The number of nitrogens with two attached hydrogens (primary N) is 1. The van der Waals surface area contributed by atoms with Crippen molar-refractivity contribution < 1.29 is 8.42 Å². The molecular formula is C18H26N6O2S2. The van der Waals surface area contributed by atoms with Gasteiger partial charge in [0, 0.05) is 56.7 Å². The number of primary sulfonamides is 1. The second kappa shape index (κ2) is 8.56. The Morgan fingerprint density at radius 2 is 1.86 bits per heavy atom. The molecule has 0 atom stereocenters. The molecule has 2 heterocycles. The first-order valence-corrected chi connectivity index (χ1v) is 11.2. The molecule has 0 bridgehead atoms. The second-order valence-corrected chi connectivity index (χ2v) is 8.81. The fourth-order valence-electron chi connectivity index (χ4n) is 3.16. The smallest absolute Gasteiger partial charge is 0.238 e. The summed E-state index contributed by atoms with van der Waals surface area (Å²) in [5.74, 6) is 0. The van der Waals surface area contributed by atoms with Crippen LogP contribution in [0.3, 0.4) is 0 Å². The lowest BCUT2D eigenvalue weighted by Crippen LogP contribution is -2.49. The fraction of sp³-hybridized carbons (Fsp3) is 0.444. The Morgan fingerprint density at radius 1 is 1.21 bits per heavy atom. The Kier molecular flexibility index (Phi) is 6.33. The monoisotopic (exact) mass is 422 g/mol. The number of nitrogens with zero attached hydrogens (tertiary/aromatic N) is 4. The summed E-state index contributed by atoms with van der Waals surface area (Å²) < 4.78 is 24.6. The third-order valence-electron chi connectivity index (χ3n) is 4.86. The highest BCUT2D eigenvalue weighted by Gasteiger charge is 2.20. The zero-order valence-electron chi connectivity index (χ0n) is 16.1. The molecule has 1 saturated heterocycles. The van der Waals surface area contributed by atoms with E-state index >= 15 is 0 Å². The molecule has 2 aromatic rings. The van der Waals surface area contributed by atoms with Crippen LogP contribution in [0.5, 0.6) is 0 Å². The summed E-state index contributed by atoms with van der Waals surface area (Å²) in [5, 5.41) is 13.4. The molecule has 1 fully saturated rings. The quantitative estimate of drug-likeness (QED) is 0.703. The van der Waals surface area contributed by atoms with Gasteiger partial charge in [-0.1, -0.05) is 0 Å². The van der Waals surface area contributed by atoms with Crippen LogP contribution in [0.1, 0.15) is 18.2 Å². The number of rotatable bonds is 5.